The van der Waals surface area contributed by atoms with Crippen molar-refractivity contribution in [3.8, 4) is 0 Å². The first-order valence-corrected chi connectivity index (χ1v) is 10.2. The van der Waals surface area contributed by atoms with Crippen molar-refractivity contribution >= 4 is 11.9 Å². The van der Waals surface area contributed by atoms with Gasteiger partial charge < -0.3 is 9.47 Å². The Labute approximate surface area is 189 Å². The summed E-state index contributed by atoms with van der Waals surface area (Å²) in [5.41, 5.74) is -5.65. The van der Waals surface area contributed by atoms with Gasteiger partial charge in [0.1, 0.15) is 0 Å². The van der Waals surface area contributed by atoms with E-state index in [0.717, 1.165) is 12.1 Å². The summed E-state index contributed by atoms with van der Waals surface area (Å²) in [7, 11) is 0. The second kappa shape index (κ2) is 8.92. The predicted octanol–water partition coefficient (Wildman–Crippen LogP) is 5.78. The third-order valence-electron chi connectivity index (χ3n) is 5.50. The highest BCUT2D eigenvalue weighted by atomic mass is 19.4. The molecule has 0 aromatic heterocycles. The Morgan fingerprint density at radius 2 is 1.35 bits per heavy atom. The molecule has 1 unspecified atom stereocenters. The molecule has 0 radical (unpaired) electrons. The number of esters is 2. The summed E-state index contributed by atoms with van der Waals surface area (Å²) < 4.78 is 111. The molecule has 2 aromatic rings. The van der Waals surface area contributed by atoms with Crippen molar-refractivity contribution in [3.63, 3.8) is 0 Å². The molecule has 34 heavy (non-hydrogen) atoms. The molecule has 0 spiro atoms. The highest BCUT2D eigenvalue weighted by Gasteiger charge is 2.63. The van der Waals surface area contributed by atoms with Crippen LogP contribution < -0.4 is 0 Å². The first-order valence-electron chi connectivity index (χ1n) is 10.2. The number of halogens is 7. The summed E-state index contributed by atoms with van der Waals surface area (Å²) >= 11 is 0. The van der Waals surface area contributed by atoms with E-state index in [1.807, 2.05) is 0 Å². The van der Waals surface area contributed by atoms with E-state index < -0.39 is 69.6 Å². The van der Waals surface area contributed by atoms with Crippen molar-refractivity contribution in [3.05, 3.63) is 70.3 Å². The normalized spacial score (nSPS) is 18.5. The van der Waals surface area contributed by atoms with Crippen LogP contribution in [-0.2, 0) is 37.1 Å². The van der Waals surface area contributed by atoms with Crippen LogP contribution in [0.4, 0.5) is 30.7 Å². The molecule has 1 aliphatic rings. The van der Waals surface area contributed by atoms with Crippen LogP contribution >= 0.6 is 0 Å². The Hall–Kier alpha value is -3.11. The van der Waals surface area contributed by atoms with Crippen molar-refractivity contribution < 1.29 is 49.8 Å². The SMILES string of the molecule is CCOC(=O)C(C(=O)OCC)C1c2ccccc2C(F)(F)C(F)(F)c2ccc(C(F)(F)F)cc21. The van der Waals surface area contributed by atoms with E-state index in [1.54, 1.807) is 0 Å². The lowest BCUT2D eigenvalue weighted by molar-refractivity contribution is -0.223. The lowest BCUT2D eigenvalue weighted by atomic mass is 9.78. The van der Waals surface area contributed by atoms with Crippen LogP contribution in [0.2, 0.25) is 0 Å². The molecule has 0 saturated heterocycles. The first kappa shape index (κ1) is 25.5. The monoisotopic (exact) mass is 492 g/mol. The molecule has 0 fully saturated rings. The van der Waals surface area contributed by atoms with Crippen LogP contribution in [0.5, 0.6) is 0 Å². The van der Waals surface area contributed by atoms with E-state index in [-0.39, 0.29) is 31.4 Å². The Kier molecular flexibility index (Phi) is 6.69. The number of hydrogen-bond donors (Lipinski definition) is 0. The fourth-order valence-electron chi connectivity index (χ4n) is 4.03. The number of carbonyl (C=O) groups excluding carboxylic acids is 2. The smallest absolute Gasteiger partial charge is 0.416 e. The van der Waals surface area contributed by atoms with E-state index >= 15 is 17.6 Å². The predicted molar refractivity (Wildman–Crippen MR) is 104 cm³/mol. The zero-order valence-corrected chi connectivity index (χ0v) is 17.9. The number of carbonyl (C=O) groups is 2. The minimum absolute atomic E-state index is 0.248. The number of ether oxygens (including phenoxy) is 2. The van der Waals surface area contributed by atoms with Gasteiger partial charge in [-0.15, -0.1) is 0 Å². The number of fused-ring (bicyclic) bond motifs is 2. The highest BCUT2D eigenvalue weighted by Crippen LogP contribution is 2.57. The molecule has 0 amide bonds. The van der Waals surface area contributed by atoms with Gasteiger partial charge in [0.25, 0.3) is 0 Å². The van der Waals surface area contributed by atoms with Gasteiger partial charge >= 0.3 is 30.0 Å². The van der Waals surface area contributed by atoms with Gasteiger partial charge in [0.2, 0.25) is 0 Å². The number of alkyl halides is 7. The molecule has 0 heterocycles. The van der Waals surface area contributed by atoms with Gasteiger partial charge in [-0.25, -0.2) is 0 Å². The van der Waals surface area contributed by atoms with E-state index in [1.165, 1.54) is 19.9 Å². The lowest BCUT2D eigenvalue weighted by Gasteiger charge is -2.27. The molecular weight excluding hydrogens is 473 g/mol. The molecule has 11 heteroatoms. The molecule has 2 aromatic carbocycles. The summed E-state index contributed by atoms with van der Waals surface area (Å²) in [6.07, 6.45) is -5.02. The van der Waals surface area contributed by atoms with Gasteiger partial charge in [-0.05, 0) is 37.1 Å². The molecule has 0 saturated carbocycles. The van der Waals surface area contributed by atoms with Gasteiger partial charge in [0.15, 0.2) is 5.92 Å². The first-order chi connectivity index (χ1) is 15.8. The van der Waals surface area contributed by atoms with Crippen molar-refractivity contribution in [2.24, 2.45) is 5.92 Å². The average molecular weight is 492 g/mol. The Morgan fingerprint density at radius 1 is 0.853 bits per heavy atom. The lowest BCUT2D eigenvalue weighted by Crippen LogP contribution is -2.35. The van der Waals surface area contributed by atoms with Crippen molar-refractivity contribution in [1.29, 1.82) is 0 Å². The molecular formula is C23H19F7O4. The fraction of sp³-hybridized carbons (Fsp3) is 0.391. The minimum Gasteiger partial charge on any atom is -0.465 e. The number of rotatable bonds is 5. The zero-order valence-electron chi connectivity index (χ0n) is 17.9. The summed E-state index contributed by atoms with van der Waals surface area (Å²) in [4.78, 5) is 25.5. The Morgan fingerprint density at radius 3 is 1.85 bits per heavy atom. The molecule has 184 valence electrons. The topological polar surface area (TPSA) is 52.6 Å². The van der Waals surface area contributed by atoms with Crippen LogP contribution in [0.25, 0.3) is 0 Å². The van der Waals surface area contributed by atoms with Gasteiger partial charge in [0.05, 0.1) is 18.8 Å². The van der Waals surface area contributed by atoms with E-state index in [9.17, 15) is 22.8 Å². The molecule has 4 nitrogen and oxygen atoms in total. The maximum Gasteiger partial charge on any atom is 0.416 e. The zero-order chi connectivity index (χ0) is 25.5. The van der Waals surface area contributed by atoms with Crippen LogP contribution in [0.1, 0.15) is 47.6 Å². The van der Waals surface area contributed by atoms with Crippen LogP contribution in [0.15, 0.2) is 42.5 Å². The van der Waals surface area contributed by atoms with E-state index in [0.29, 0.717) is 6.07 Å². The van der Waals surface area contributed by atoms with Crippen molar-refractivity contribution in [2.45, 2.75) is 37.8 Å². The average Bonchev–Trinajstić information content (AvgIpc) is 2.80. The molecule has 3 rings (SSSR count). The standard InChI is InChI=1S/C23H19F7O4/c1-3-33-19(31)18(20(32)34-4-2)17-13-7-5-6-8-15(13)21(24,25)22(26,27)16-10-9-12(11-14(16)17)23(28,29)30/h5-11,17-18H,3-4H2,1-2H3. The third kappa shape index (κ3) is 4.12. The third-order valence-corrected chi connectivity index (χ3v) is 5.50. The molecule has 0 N–H and O–H groups in total. The molecule has 0 bridgehead atoms. The molecule has 1 atom stereocenters. The molecule has 0 aliphatic heterocycles. The second-order valence-corrected chi connectivity index (χ2v) is 7.50. The summed E-state index contributed by atoms with van der Waals surface area (Å²) in [6.45, 7) is 2.20. The number of hydrogen-bond acceptors (Lipinski definition) is 4. The van der Waals surface area contributed by atoms with Crippen molar-refractivity contribution in [1.82, 2.24) is 0 Å². The highest BCUT2D eigenvalue weighted by molar-refractivity contribution is 5.97. The van der Waals surface area contributed by atoms with Crippen LogP contribution in [0.3, 0.4) is 0 Å². The van der Waals surface area contributed by atoms with Crippen molar-refractivity contribution in [2.75, 3.05) is 13.2 Å². The quantitative estimate of drug-likeness (QED) is 0.302. The maximum atomic E-state index is 15.2. The number of benzene rings is 2. The molecule has 1 aliphatic carbocycles. The van der Waals surface area contributed by atoms with Crippen LogP contribution in [0, 0.1) is 5.92 Å². The Balaban J connectivity index is 2.47. The van der Waals surface area contributed by atoms with Gasteiger partial charge in [0, 0.05) is 17.0 Å². The summed E-state index contributed by atoms with van der Waals surface area (Å²) in [5.74, 6) is -16.5. The summed E-state index contributed by atoms with van der Waals surface area (Å²) in [6, 6.07) is 4.63. The van der Waals surface area contributed by atoms with Gasteiger partial charge in [-0.1, -0.05) is 30.3 Å². The van der Waals surface area contributed by atoms with Gasteiger partial charge in [-0.2, -0.15) is 30.7 Å². The van der Waals surface area contributed by atoms with E-state index in [2.05, 4.69) is 0 Å². The minimum atomic E-state index is -5.02. The Bertz CT molecular complexity index is 1080. The summed E-state index contributed by atoms with van der Waals surface area (Å²) in [5, 5.41) is 0. The largest absolute Gasteiger partial charge is 0.465 e. The van der Waals surface area contributed by atoms with E-state index in [4.69, 9.17) is 9.47 Å². The van der Waals surface area contributed by atoms with Crippen LogP contribution in [-0.4, -0.2) is 25.2 Å². The fourth-order valence-corrected chi connectivity index (χ4v) is 4.03. The maximum absolute atomic E-state index is 15.2. The van der Waals surface area contributed by atoms with Gasteiger partial charge in [-0.3, -0.25) is 9.59 Å². The second-order valence-electron chi connectivity index (χ2n) is 7.50.